The molecule has 0 aliphatic carbocycles. The summed E-state index contributed by atoms with van der Waals surface area (Å²) in [6, 6.07) is 0. The minimum atomic E-state index is -3.86. The zero-order chi connectivity index (χ0) is 8.48. The summed E-state index contributed by atoms with van der Waals surface area (Å²) in [5.74, 6) is 0. The Balaban J connectivity index is 2.60. The lowest BCUT2D eigenvalue weighted by molar-refractivity contribution is 0.301. The molecule has 1 unspecified atom stereocenters. The summed E-state index contributed by atoms with van der Waals surface area (Å²) in [6.45, 7) is 3.07. The van der Waals surface area contributed by atoms with Crippen molar-refractivity contribution in [3.05, 3.63) is 0 Å². The van der Waals surface area contributed by atoms with Crippen molar-refractivity contribution in [3.8, 4) is 0 Å². The van der Waals surface area contributed by atoms with Crippen LogP contribution in [0.4, 0.5) is 0 Å². The maximum Gasteiger partial charge on any atom is 0.280 e. The third kappa shape index (κ3) is 2.15. The van der Waals surface area contributed by atoms with E-state index < -0.39 is 15.5 Å². The summed E-state index contributed by atoms with van der Waals surface area (Å²) in [5.41, 5.74) is 0. The molecular formula is C6H13NO3S. The van der Waals surface area contributed by atoms with Gasteiger partial charge in [-0.2, -0.15) is 8.42 Å². The standard InChI is InChI=1S/C6H13NO3S/c1-6(11(8,9)10)7-4-2-3-5-7/h6H,2-5H2,1H3,(H,8,9,10). The first kappa shape index (κ1) is 8.96. The van der Waals surface area contributed by atoms with Crippen molar-refractivity contribution in [1.29, 1.82) is 0 Å². The summed E-state index contributed by atoms with van der Waals surface area (Å²) >= 11 is 0. The van der Waals surface area contributed by atoms with E-state index >= 15 is 0 Å². The largest absolute Gasteiger partial charge is 0.286 e. The van der Waals surface area contributed by atoms with Crippen molar-refractivity contribution < 1.29 is 13.0 Å². The highest BCUT2D eigenvalue weighted by molar-refractivity contribution is 7.86. The van der Waals surface area contributed by atoms with Crippen molar-refractivity contribution in [2.75, 3.05) is 13.1 Å². The molecule has 1 saturated heterocycles. The monoisotopic (exact) mass is 179 g/mol. The molecule has 0 radical (unpaired) electrons. The molecule has 1 heterocycles. The fourth-order valence-electron chi connectivity index (χ4n) is 1.29. The lowest BCUT2D eigenvalue weighted by atomic mass is 10.4. The normalized spacial score (nSPS) is 23.8. The third-order valence-corrected chi connectivity index (χ3v) is 3.25. The second kappa shape index (κ2) is 3.08. The highest BCUT2D eigenvalue weighted by atomic mass is 32.2. The molecule has 1 atom stereocenters. The van der Waals surface area contributed by atoms with Crippen LogP contribution in [-0.2, 0) is 10.1 Å². The maximum atomic E-state index is 10.6. The summed E-state index contributed by atoms with van der Waals surface area (Å²) in [5, 5.41) is -0.731. The number of hydrogen-bond acceptors (Lipinski definition) is 3. The molecule has 0 spiro atoms. The summed E-state index contributed by atoms with van der Waals surface area (Å²) in [7, 11) is -3.86. The van der Waals surface area contributed by atoms with E-state index in [2.05, 4.69) is 0 Å². The Morgan fingerprint density at radius 1 is 1.36 bits per heavy atom. The molecular weight excluding hydrogens is 166 g/mol. The molecule has 1 N–H and O–H groups in total. The molecule has 0 aromatic heterocycles. The Morgan fingerprint density at radius 2 is 1.82 bits per heavy atom. The van der Waals surface area contributed by atoms with E-state index in [0.717, 1.165) is 25.9 Å². The van der Waals surface area contributed by atoms with Gasteiger partial charge in [0.2, 0.25) is 0 Å². The number of rotatable bonds is 2. The van der Waals surface area contributed by atoms with Crippen LogP contribution in [0.1, 0.15) is 19.8 Å². The fourth-order valence-corrected chi connectivity index (χ4v) is 1.88. The smallest absolute Gasteiger partial charge is 0.280 e. The average molecular weight is 179 g/mol. The van der Waals surface area contributed by atoms with E-state index in [1.165, 1.54) is 6.92 Å². The molecule has 1 fully saturated rings. The Bertz CT molecular complexity index is 218. The average Bonchev–Trinajstić information content (AvgIpc) is 2.34. The van der Waals surface area contributed by atoms with Gasteiger partial charge < -0.3 is 0 Å². The van der Waals surface area contributed by atoms with Crippen LogP contribution < -0.4 is 0 Å². The van der Waals surface area contributed by atoms with Crippen molar-refractivity contribution in [2.24, 2.45) is 0 Å². The van der Waals surface area contributed by atoms with Gasteiger partial charge in [0.1, 0.15) is 5.37 Å². The zero-order valence-corrected chi connectivity index (χ0v) is 7.34. The Kier molecular flexibility index (Phi) is 2.51. The zero-order valence-electron chi connectivity index (χ0n) is 6.52. The SMILES string of the molecule is CC(N1CCCC1)S(=O)(=O)O. The first-order valence-electron chi connectivity index (χ1n) is 3.72. The minimum Gasteiger partial charge on any atom is -0.286 e. The third-order valence-electron chi connectivity index (χ3n) is 2.09. The van der Waals surface area contributed by atoms with Crippen molar-refractivity contribution >= 4 is 10.1 Å². The van der Waals surface area contributed by atoms with Gasteiger partial charge in [-0.3, -0.25) is 9.45 Å². The van der Waals surface area contributed by atoms with E-state index in [9.17, 15) is 8.42 Å². The van der Waals surface area contributed by atoms with Crippen molar-refractivity contribution in [2.45, 2.75) is 25.1 Å². The van der Waals surface area contributed by atoms with Gasteiger partial charge in [0, 0.05) is 0 Å². The van der Waals surface area contributed by atoms with Crippen LogP contribution >= 0.6 is 0 Å². The maximum absolute atomic E-state index is 10.6. The Hall–Kier alpha value is -0.130. The van der Waals surface area contributed by atoms with Gasteiger partial charge in [-0.05, 0) is 32.9 Å². The molecule has 0 aromatic rings. The molecule has 5 heteroatoms. The molecule has 11 heavy (non-hydrogen) atoms. The molecule has 66 valence electrons. The van der Waals surface area contributed by atoms with E-state index in [1.54, 1.807) is 4.90 Å². The number of nitrogens with zero attached hydrogens (tertiary/aromatic N) is 1. The van der Waals surface area contributed by atoms with Crippen LogP contribution in [0.5, 0.6) is 0 Å². The molecule has 0 aromatic carbocycles. The van der Waals surface area contributed by atoms with E-state index in [-0.39, 0.29) is 0 Å². The quantitative estimate of drug-likeness (QED) is 0.620. The molecule has 0 bridgehead atoms. The van der Waals surface area contributed by atoms with Gasteiger partial charge in [-0.25, -0.2) is 0 Å². The highest BCUT2D eigenvalue weighted by Gasteiger charge is 2.26. The number of likely N-dealkylation sites (tertiary alicyclic amines) is 1. The summed E-state index contributed by atoms with van der Waals surface area (Å²) < 4.78 is 29.9. The topological polar surface area (TPSA) is 57.6 Å². The summed E-state index contributed by atoms with van der Waals surface area (Å²) in [4.78, 5) is 1.77. The molecule has 0 saturated carbocycles. The van der Waals surface area contributed by atoms with E-state index in [0.29, 0.717) is 0 Å². The lowest BCUT2D eigenvalue weighted by Gasteiger charge is -2.20. The molecule has 1 aliphatic heterocycles. The predicted molar refractivity (Wildman–Crippen MR) is 41.8 cm³/mol. The molecule has 1 aliphatic rings. The first-order chi connectivity index (χ1) is 5.02. The first-order valence-corrected chi connectivity index (χ1v) is 5.22. The van der Waals surface area contributed by atoms with Gasteiger partial charge in [0.15, 0.2) is 0 Å². The van der Waals surface area contributed by atoms with Gasteiger partial charge in [-0.1, -0.05) is 0 Å². The van der Waals surface area contributed by atoms with Gasteiger partial charge in [0.25, 0.3) is 10.1 Å². The number of hydrogen-bond donors (Lipinski definition) is 1. The van der Waals surface area contributed by atoms with Crippen LogP contribution in [0, 0.1) is 0 Å². The highest BCUT2D eigenvalue weighted by Crippen LogP contribution is 2.14. The van der Waals surface area contributed by atoms with E-state index in [1.807, 2.05) is 0 Å². The molecule has 1 rings (SSSR count). The second-order valence-corrected chi connectivity index (χ2v) is 4.57. The summed E-state index contributed by atoms with van der Waals surface area (Å²) in [6.07, 6.45) is 2.06. The fraction of sp³-hybridized carbons (Fsp3) is 1.00. The van der Waals surface area contributed by atoms with Crippen LogP contribution in [0.2, 0.25) is 0 Å². The van der Waals surface area contributed by atoms with Crippen LogP contribution in [0.25, 0.3) is 0 Å². The van der Waals surface area contributed by atoms with Crippen molar-refractivity contribution in [1.82, 2.24) is 4.90 Å². The lowest BCUT2D eigenvalue weighted by Crippen LogP contribution is -2.36. The van der Waals surface area contributed by atoms with Crippen LogP contribution in [0.15, 0.2) is 0 Å². The molecule has 0 amide bonds. The van der Waals surface area contributed by atoms with Gasteiger partial charge >= 0.3 is 0 Å². The van der Waals surface area contributed by atoms with E-state index in [4.69, 9.17) is 4.55 Å². The Morgan fingerprint density at radius 3 is 2.18 bits per heavy atom. The Labute approximate surface area is 66.9 Å². The van der Waals surface area contributed by atoms with Crippen LogP contribution in [-0.4, -0.2) is 36.3 Å². The van der Waals surface area contributed by atoms with Gasteiger partial charge in [0.05, 0.1) is 0 Å². The van der Waals surface area contributed by atoms with Crippen LogP contribution in [0.3, 0.4) is 0 Å². The van der Waals surface area contributed by atoms with Crippen molar-refractivity contribution in [3.63, 3.8) is 0 Å². The second-order valence-electron chi connectivity index (χ2n) is 2.86. The van der Waals surface area contributed by atoms with Gasteiger partial charge in [-0.15, -0.1) is 0 Å². The predicted octanol–water partition coefficient (Wildman–Crippen LogP) is 0.316. The molecule has 4 nitrogen and oxygen atoms in total. The minimum absolute atomic E-state index is 0.731.